The van der Waals surface area contributed by atoms with Gasteiger partial charge in [-0.25, -0.2) is 0 Å². The lowest BCUT2D eigenvalue weighted by Gasteiger charge is -2.14. The molecule has 0 aromatic carbocycles. The molecular weight excluding hydrogens is 158 g/mol. The molecule has 0 saturated carbocycles. The fourth-order valence-corrected chi connectivity index (χ4v) is 1.40. The van der Waals surface area contributed by atoms with E-state index in [-0.39, 0.29) is 0 Å². The van der Waals surface area contributed by atoms with Gasteiger partial charge in [0.2, 0.25) is 0 Å². The molecule has 0 radical (unpaired) electrons. The van der Waals surface area contributed by atoms with Gasteiger partial charge in [-0.2, -0.15) is 0 Å². The van der Waals surface area contributed by atoms with Gasteiger partial charge in [-0.05, 0) is 46.1 Å². The first-order chi connectivity index (χ1) is 6.24. The molecular formula is C12H25N. The van der Waals surface area contributed by atoms with Crippen molar-refractivity contribution >= 4 is 0 Å². The van der Waals surface area contributed by atoms with E-state index in [9.17, 15) is 0 Å². The number of rotatable bonds is 7. The van der Waals surface area contributed by atoms with Crippen molar-refractivity contribution in [3.63, 3.8) is 0 Å². The summed E-state index contributed by atoms with van der Waals surface area (Å²) in [5, 5.41) is 3.57. The molecule has 78 valence electrons. The van der Waals surface area contributed by atoms with E-state index in [0.717, 1.165) is 12.6 Å². The Morgan fingerprint density at radius 3 is 2.38 bits per heavy atom. The molecule has 1 nitrogen and oxygen atoms in total. The first-order valence-electron chi connectivity index (χ1n) is 5.59. The SMILES string of the molecule is C/C=C(\C)CCCNC(CC)CC. The third-order valence-corrected chi connectivity index (χ3v) is 2.66. The molecule has 0 aliphatic rings. The average molecular weight is 183 g/mol. The Morgan fingerprint density at radius 1 is 1.31 bits per heavy atom. The van der Waals surface area contributed by atoms with Crippen LogP contribution in [0.25, 0.3) is 0 Å². The van der Waals surface area contributed by atoms with Crippen molar-refractivity contribution in [2.75, 3.05) is 6.54 Å². The molecule has 0 saturated heterocycles. The van der Waals surface area contributed by atoms with Gasteiger partial charge < -0.3 is 5.32 Å². The molecule has 1 N–H and O–H groups in total. The summed E-state index contributed by atoms with van der Waals surface area (Å²) in [5.41, 5.74) is 1.51. The lowest BCUT2D eigenvalue weighted by Crippen LogP contribution is -2.28. The van der Waals surface area contributed by atoms with Crippen LogP contribution in [0.2, 0.25) is 0 Å². The van der Waals surface area contributed by atoms with Crippen molar-refractivity contribution in [3.05, 3.63) is 11.6 Å². The highest BCUT2D eigenvalue weighted by molar-refractivity contribution is 4.94. The first kappa shape index (κ1) is 12.7. The van der Waals surface area contributed by atoms with E-state index >= 15 is 0 Å². The van der Waals surface area contributed by atoms with E-state index in [4.69, 9.17) is 0 Å². The maximum atomic E-state index is 3.57. The normalized spacial score (nSPS) is 12.5. The fourth-order valence-electron chi connectivity index (χ4n) is 1.40. The monoisotopic (exact) mass is 183 g/mol. The zero-order valence-corrected chi connectivity index (χ0v) is 9.69. The molecule has 0 aromatic heterocycles. The van der Waals surface area contributed by atoms with Gasteiger partial charge in [0.05, 0.1) is 0 Å². The van der Waals surface area contributed by atoms with Gasteiger partial charge in [0.25, 0.3) is 0 Å². The third-order valence-electron chi connectivity index (χ3n) is 2.66. The van der Waals surface area contributed by atoms with Crippen LogP contribution < -0.4 is 5.32 Å². The molecule has 0 spiro atoms. The van der Waals surface area contributed by atoms with Crippen molar-refractivity contribution in [2.45, 2.75) is 59.4 Å². The summed E-state index contributed by atoms with van der Waals surface area (Å²) in [6.45, 7) is 9.98. The summed E-state index contributed by atoms with van der Waals surface area (Å²) in [5.74, 6) is 0. The quantitative estimate of drug-likeness (QED) is 0.470. The molecule has 0 atom stereocenters. The summed E-state index contributed by atoms with van der Waals surface area (Å²) >= 11 is 0. The van der Waals surface area contributed by atoms with Gasteiger partial charge in [0.15, 0.2) is 0 Å². The van der Waals surface area contributed by atoms with Gasteiger partial charge in [0, 0.05) is 6.04 Å². The molecule has 0 heterocycles. The number of allylic oxidation sites excluding steroid dienone is 2. The predicted molar refractivity (Wildman–Crippen MR) is 61.0 cm³/mol. The minimum absolute atomic E-state index is 0.728. The molecule has 0 aliphatic carbocycles. The zero-order chi connectivity index (χ0) is 10.1. The Hall–Kier alpha value is -0.300. The molecule has 0 aliphatic heterocycles. The van der Waals surface area contributed by atoms with Crippen molar-refractivity contribution < 1.29 is 0 Å². The molecule has 0 rings (SSSR count). The minimum Gasteiger partial charge on any atom is -0.314 e. The Kier molecular flexibility index (Phi) is 8.11. The van der Waals surface area contributed by atoms with Gasteiger partial charge in [-0.3, -0.25) is 0 Å². The van der Waals surface area contributed by atoms with Gasteiger partial charge in [-0.15, -0.1) is 0 Å². The van der Waals surface area contributed by atoms with Crippen molar-refractivity contribution in [1.82, 2.24) is 5.32 Å². The molecule has 13 heavy (non-hydrogen) atoms. The highest BCUT2D eigenvalue weighted by Crippen LogP contribution is 2.03. The largest absolute Gasteiger partial charge is 0.314 e. The Bertz CT molecular complexity index is 134. The second-order valence-electron chi connectivity index (χ2n) is 3.71. The fraction of sp³-hybridized carbons (Fsp3) is 0.833. The van der Waals surface area contributed by atoms with E-state index in [2.05, 4.69) is 39.1 Å². The van der Waals surface area contributed by atoms with E-state index in [0.29, 0.717) is 0 Å². The summed E-state index contributed by atoms with van der Waals surface area (Å²) in [6.07, 6.45) is 7.21. The molecule has 1 heteroatoms. The third kappa shape index (κ3) is 6.83. The van der Waals surface area contributed by atoms with Crippen LogP contribution in [0.1, 0.15) is 53.4 Å². The van der Waals surface area contributed by atoms with E-state index in [1.165, 1.54) is 31.3 Å². The van der Waals surface area contributed by atoms with Crippen molar-refractivity contribution in [2.24, 2.45) is 0 Å². The van der Waals surface area contributed by atoms with Crippen LogP contribution in [0.3, 0.4) is 0 Å². The second kappa shape index (κ2) is 8.31. The second-order valence-corrected chi connectivity index (χ2v) is 3.71. The van der Waals surface area contributed by atoms with Crippen LogP contribution in [-0.4, -0.2) is 12.6 Å². The lowest BCUT2D eigenvalue weighted by atomic mass is 10.1. The van der Waals surface area contributed by atoms with Gasteiger partial charge >= 0.3 is 0 Å². The maximum absolute atomic E-state index is 3.57. The molecule has 0 bridgehead atoms. The Balaban J connectivity index is 3.34. The topological polar surface area (TPSA) is 12.0 Å². The number of hydrogen-bond acceptors (Lipinski definition) is 1. The van der Waals surface area contributed by atoms with Crippen LogP contribution in [0, 0.1) is 0 Å². The Labute approximate surface area is 83.6 Å². The Morgan fingerprint density at radius 2 is 1.92 bits per heavy atom. The van der Waals surface area contributed by atoms with E-state index in [1.807, 2.05) is 0 Å². The number of nitrogens with one attached hydrogen (secondary N) is 1. The molecule has 0 unspecified atom stereocenters. The predicted octanol–water partition coefficient (Wildman–Crippen LogP) is 3.51. The van der Waals surface area contributed by atoms with Gasteiger partial charge in [0.1, 0.15) is 0 Å². The highest BCUT2D eigenvalue weighted by atomic mass is 14.9. The number of hydrogen-bond donors (Lipinski definition) is 1. The summed E-state index contributed by atoms with van der Waals surface area (Å²) < 4.78 is 0. The highest BCUT2D eigenvalue weighted by Gasteiger charge is 2.00. The smallest absolute Gasteiger partial charge is 0.00618 e. The minimum atomic E-state index is 0.728. The first-order valence-corrected chi connectivity index (χ1v) is 5.59. The average Bonchev–Trinajstić information content (AvgIpc) is 2.18. The lowest BCUT2D eigenvalue weighted by molar-refractivity contribution is 0.479. The van der Waals surface area contributed by atoms with Crippen molar-refractivity contribution in [1.29, 1.82) is 0 Å². The van der Waals surface area contributed by atoms with Gasteiger partial charge in [-0.1, -0.05) is 25.5 Å². The summed E-state index contributed by atoms with van der Waals surface area (Å²) in [6, 6.07) is 0.728. The van der Waals surface area contributed by atoms with E-state index in [1.54, 1.807) is 0 Å². The maximum Gasteiger partial charge on any atom is 0.00618 e. The standard InChI is InChI=1S/C12H25N/c1-5-11(4)9-8-10-13-12(6-2)7-3/h5,12-13H,6-10H2,1-4H3/b11-5+. The summed E-state index contributed by atoms with van der Waals surface area (Å²) in [7, 11) is 0. The van der Waals surface area contributed by atoms with Crippen LogP contribution in [0.4, 0.5) is 0 Å². The van der Waals surface area contributed by atoms with E-state index < -0.39 is 0 Å². The van der Waals surface area contributed by atoms with Crippen molar-refractivity contribution in [3.8, 4) is 0 Å². The zero-order valence-electron chi connectivity index (χ0n) is 9.69. The van der Waals surface area contributed by atoms with Crippen LogP contribution in [-0.2, 0) is 0 Å². The van der Waals surface area contributed by atoms with Crippen LogP contribution in [0.5, 0.6) is 0 Å². The summed E-state index contributed by atoms with van der Waals surface area (Å²) in [4.78, 5) is 0. The molecule has 0 fully saturated rings. The molecule has 0 amide bonds. The molecule has 0 aromatic rings. The van der Waals surface area contributed by atoms with Crippen LogP contribution >= 0.6 is 0 Å². The van der Waals surface area contributed by atoms with Crippen LogP contribution in [0.15, 0.2) is 11.6 Å².